The minimum atomic E-state index is 0.375. The van der Waals surface area contributed by atoms with Gasteiger partial charge in [0.15, 0.2) is 0 Å². The number of hydrogen-bond acceptors (Lipinski definition) is 6. The highest BCUT2D eigenvalue weighted by molar-refractivity contribution is 5.51. The summed E-state index contributed by atoms with van der Waals surface area (Å²) in [7, 11) is 0. The summed E-state index contributed by atoms with van der Waals surface area (Å²) in [6, 6.07) is 8.14. The van der Waals surface area contributed by atoms with Crippen molar-refractivity contribution in [1.29, 1.82) is 0 Å². The van der Waals surface area contributed by atoms with E-state index in [1.165, 1.54) is 5.69 Å². The van der Waals surface area contributed by atoms with E-state index in [1.807, 2.05) is 19.1 Å². The van der Waals surface area contributed by atoms with E-state index in [0.29, 0.717) is 6.61 Å². The second-order valence-corrected chi connectivity index (χ2v) is 4.82. The maximum atomic E-state index is 5.76. The molecule has 1 fully saturated rings. The summed E-state index contributed by atoms with van der Waals surface area (Å²) in [5, 5.41) is 10.9. The summed E-state index contributed by atoms with van der Waals surface area (Å²) in [6.45, 7) is 6.32. The normalized spacial score (nSPS) is 15.3. The Labute approximate surface area is 117 Å². The first-order chi connectivity index (χ1) is 9.83. The minimum absolute atomic E-state index is 0.375. The number of piperazine rings is 1. The van der Waals surface area contributed by atoms with Gasteiger partial charge >= 0.3 is 0 Å². The monoisotopic (exact) mass is 274 g/mol. The van der Waals surface area contributed by atoms with E-state index in [9.17, 15) is 0 Å². The molecule has 1 N–H and O–H groups in total. The predicted octanol–water partition coefficient (Wildman–Crippen LogP) is 1.37. The van der Waals surface area contributed by atoms with Crippen molar-refractivity contribution in [2.75, 3.05) is 31.1 Å². The van der Waals surface area contributed by atoms with Crippen LogP contribution in [0.4, 0.5) is 5.69 Å². The van der Waals surface area contributed by atoms with Crippen LogP contribution in [0.2, 0.25) is 0 Å². The Morgan fingerprint density at radius 3 is 2.90 bits per heavy atom. The summed E-state index contributed by atoms with van der Waals surface area (Å²) in [4.78, 5) is 2.35. The van der Waals surface area contributed by atoms with Crippen LogP contribution in [0, 0.1) is 6.92 Å². The zero-order chi connectivity index (χ0) is 13.8. The lowest BCUT2D eigenvalue weighted by molar-refractivity contribution is 0.270. The van der Waals surface area contributed by atoms with Gasteiger partial charge in [-0.15, -0.1) is 0 Å². The fourth-order valence-electron chi connectivity index (χ4n) is 2.23. The first-order valence-corrected chi connectivity index (χ1v) is 6.79. The predicted molar refractivity (Wildman–Crippen MR) is 74.9 cm³/mol. The molecular weight excluding hydrogens is 256 g/mol. The SMILES string of the molecule is Cc1nonc1COc1cccc(N2CCNCC2)c1. The Morgan fingerprint density at radius 1 is 1.30 bits per heavy atom. The summed E-state index contributed by atoms with van der Waals surface area (Å²) in [5.74, 6) is 0.837. The molecule has 1 aliphatic rings. The highest BCUT2D eigenvalue weighted by atomic mass is 16.6. The molecule has 0 saturated carbocycles. The largest absolute Gasteiger partial charge is 0.487 e. The highest BCUT2D eigenvalue weighted by Gasteiger charge is 2.11. The highest BCUT2D eigenvalue weighted by Crippen LogP contribution is 2.22. The summed E-state index contributed by atoms with van der Waals surface area (Å²) >= 11 is 0. The van der Waals surface area contributed by atoms with E-state index in [2.05, 4.69) is 37.3 Å². The van der Waals surface area contributed by atoms with Gasteiger partial charge in [0.1, 0.15) is 23.7 Å². The Morgan fingerprint density at radius 2 is 2.15 bits per heavy atom. The van der Waals surface area contributed by atoms with E-state index in [4.69, 9.17) is 4.74 Å². The third kappa shape index (κ3) is 2.91. The Balaban J connectivity index is 1.66. The van der Waals surface area contributed by atoms with Gasteiger partial charge in [0, 0.05) is 37.9 Å². The molecule has 0 aliphatic carbocycles. The zero-order valence-corrected chi connectivity index (χ0v) is 11.5. The van der Waals surface area contributed by atoms with Gasteiger partial charge in [-0.25, -0.2) is 4.63 Å². The Kier molecular flexibility index (Phi) is 3.83. The van der Waals surface area contributed by atoms with Crippen molar-refractivity contribution >= 4 is 5.69 Å². The number of nitrogens with zero attached hydrogens (tertiary/aromatic N) is 3. The first-order valence-electron chi connectivity index (χ1n) is 6.79. The van der Waals surface area contributed by atoms with E-state index in [0.717, 1.165) is 43.3 Å². The molecule has 6 heteroatoms. The van der Waals surface area contributed by atoms with Gasteiger partial charge in [-0.05, 0) is 19.1 Å². The number of anilines is 1. The molecule has 0 bridgehead atoms. The third-order valence-corrected chi connectivity index (χ3v) is 3.42. The lowest BCUT2D eigenvalue weighted by atomic mass is 10.2. The fraction of sp³-hybridized carbons (Fsp3) is 0.429. The lowest BCUT2D eigenvalue weighted by Crippen LogP contribution is -2.43. The quantitative estimate of drug-likeness (QED) is 0.908. The van der Waals surface area contributed by atoms with E-state index in [1.54, 1.807) is 0 Å². The number of nitrogens with one attached hydrogen (secondary N) is 1. The van der Waals surface area contributed by atoms with Crippen LogP contribution in [0.25, 0.3) is 0 Å². The first kappa shape index (κ1) is 12.9. The van der Waals surface area contributed by atoms with Crippen molar-refractivity contribution in [3.05, 3.63) is 35.7 Å². The average molecular weight is 274 g/mol. The van der Waals surface area contributed by atoms with Crippen LogP contribution in [-0.2, 0) is 6.61 Å². The smallest absolute Gasteiger partial charge is 0.145 e. The standard InChI is InChI=1S/C14H18N4O2/c1-11-14(17-20-16-11)10-19-13-4-2-3-12(9-13)18-7-5-15-6-8-18/h2-4,9,15H,5-8,10H2,1H3. The van der Waals surface area contributed by atoms with Crippen molar-refractivity contribution < 1.29 is 9.37 Å². The Hall–Kier alpha value is -2.08. The molecule has 0 unspecified atom stereocenters. The lowest BCUT2D eigenvalue weighted by Gasteiger charge is -2.29. The molecule has 0 atom stereocenters. The van der Waals surface area contributed by atoms with Gasteiger partial charge in [0.2, 0.25) is 0 Å². The summed E-state index contributed by atoms with van der Waals surface area (Å²) in [5.41, 5.74) is 2.69. The fourth-order valence-corrected chi connectivity index (χ4v) is 2.23. The van der Waals surface area contributed by atoms with Gasteiger partial charge in [-0.3, -0.25) is 0 Å². The molecule has 0 radical (unpaired) electrons. The molecule has 2 heterocycles. The second kappa shape index (κ2) is 5.92. The number of rotatable bonds is 4. The average Bonchev–Trinajstić information content (AvgIpc) is 2.92. The van der Waals surface area contributed by atoms with Crippen LogP contribution in [-0.4, -0.2) is 36.5 Å². The Bertz CT molecular complexity index is 564. The number of aryl methyl sites for hydroxylation is 1. The third-order valence-electron chi connectivity index (χ3n) is 3.42. The molecule has 0 spiro atoms. The van der Waals surface area contributed by atoms with E-state index in [-0.39, 0.29) is 0 Å². The van der Waals surface area contributed by atoms with Crippen LogP contribution in [0.3, 0.4) is 0 Å². The number of aromatic nitrogens is 2. The number of ether oxygens (including phenoxy) is 1. The maximum absolute atomic E-state index is 5.76. The van der Waals surface area contributed by atoms with Gasteiger partial charge < -0.3 is 15.0 Å². The molecule has 0 amide bonds. The maximum Gasteiger partial charge on any atom is 0.145 e. The molecule has 1 saturated heterocycles. The van der Waals surface area contributed by atoms with E-state index < -0.39 is 0 Å². The van der Waals surface area contributed by atoms with Crippen LogP contribution in [0.15, 0.2) is 28.9 Å². The summed E-state index contributed by atoms with van der Waals surface area (Å²) in [6.07, 6.45) is 0. The van der Waals surface area contributed by atoms with Crippen molar-refractivity contribution in [3.63, 3.8) is 0 Å². The molecule has 20 heavy (non-hydrogen) atoms. The number of benzene rings is 1. The minimum Gasteiger partial charge on any atom is -0.487 e. The molecule has 1 aliphatic heterocycles. The van der Waals surface area contributed by atoms with Crippen LogP contribution in [0.5, 0.6) is 5.75 Å². The molecule has 106 valence electrons. The van der Waals surface area contributed by atoms with Gasteiger partial charge in [0.05, 0.1) is 0 Å². The number of hydrogen-bond donors (Lipinski definition) is 1. The van der Waals surface area contributed by atoms with Crippen molar-refractivity contribution in [1.82, 2.24) is 15.6 Å². The zero-order valence-electron chi connectivity index (χ0n) is 11.5. The van der Waals surface area contributed by atoms with Crippen molar-refractivity contribution in [2.45, 2.75) is 13.5 Å². The molecular formula is C14H18N4O2. The second-order valence-electron chi connectivity index (χ2n) is 4.82. The van der Waals surface area contributed by atoms with Crippen molar-refractivity contribution in [3.8, 4) is 5.75 Å². The molecule has 3 rings (SSSR count). The van der Waals surface area contributed by atoms with Crippen LogP contribution in [0.1, 0.15) is 11.4 Å². The molecule has 1 aromatic heterocycles. The van der Waals surface area contributed by atoms with Gasteiger partial charge in [0.25, 0.3) is 0 Å². The molecule has 1 aromatic carbocycles. The van der Waals surface area contributed by atoms with Gasteiger partial charge in [-0.2, -0.15) is 0 Å². The van der Waals surface area contributed by atoms with Crippen LogP contribution >= 0.6 is 0 Å². The molecule has 2 aromatic rings. The van der Waals surface area contributed by atoms with Crippen molar-refractivity contribution in [2.24, 2.45) is 0 Å². The van der Waals surface area contributed by atoms with E-state index >= 15 is 0 Å². The topological polar surface area (TPSA) is 63.4 Å². The van der Waals surface area contributed by atoms with Crippen LogP contribution < -0.4 is 15.0 Å². The summed E-state index contributed by atoms with van der Waals surface area (Å²) < 4.78 is 10.4. The van der Waals surface area contributed by atoms with Gasteiger partial charge in [-0.1, -0.05) is 16.4 Å². The molecule has 6 nitrogen and oxygen atoms in total.